The Kier molecular flexibility index (Phi) is 9.99. The van der Waals surface area contributed by atoms with E-state index >= 15 is 0 Å². The van der Waals surface area contributed by atoms with Crippen molar-refractivity contribution in [1.29, 1.82) is 0 Å². The summed E-state index contributed by atoms with van der Waals surface area (Å²) in [6.07, 6.45) is -2.91. The number of thioether (sulfide) groups is 1. The lowest BCUT2D eigenvalue weighted by Crippen LogP contribution is -2.61. The third kappa shape index (κ3) is 7.68. The fourth-order valence-corrected chi connectivity index (χ4v) is 5.24. The van der Waals surface area contributed by atoms with E-state index in [-0.39, 0.29) is 6.61 Å². The summed E-state index contributed by atoms with van der Waals surface area (Å²) in [5.74, 6) is -0.395. The van der Waals surface area contributed by atoms with Crippen LogP contribution in [-0.2, 0) is 37.0 Å². The van der Waals surface area contributed by atoms with Gasteiger partial charge in [0, 0.05) is 4.90 Å². The van der Waals surface area contributed by atoms with Crippen molar-refractivity contribution in [3.8, 4) is 0 Å². The fraction of sp³-hybridized carbons (Fsp3) is 0.387. The minimum Gasteiger partial charge on any atom is -0.456 e. The molecule has 6 nitrogen and oxygen atoms in total. The van der Waals surface area contributed by atoms with Crippen molar-refractivity contribution in [2.45, 2.75) is 68.7 Å². The van der Waals surface area contributed by atoms with Crippen molar-refractivity contribution in [2.75, 3.05) is 6.61 Å². The molecular weight excluding hydrogens is 500 g/mol. The van der Waals surface area contributed by atoms with E-state index in [1.807, 2.05) is 91.0 Å². The third-order valence-electron chi connectivity index (χ3n) is 6.19. The molecule has 1 aliphatic heterocycles. The minimum absolute atomic E-state index is 0.293. The zero-order valence-electron chi connectivity index (χ0n) is 22.1. The summed E-state index contributed by atoms with van der Waals surface area (Å²) in [5, 5.41) is 10.3. The first-order chi connectivity index (χ1) is 18.3. The maximum Gasteiger partial charge on any atom is 0.311 e. The molecule has 0 radical (unpaired) electrons. The van der Waals surface area contributed by atoms with Gasteiger partial charge < -0.3 is 24.1 Å². The monoisotopic (exact) mass is 536 g/mol. The molecule has 0 unspecified atom stereocenters. The van der Waals surface area contributed by atoms with Gasteiger partial charge in [-0.25, -0.2) is 0 Å². The van der Waals surface area contributed by atoms with Crippen molar-refractivity contribution < 1.29 is 28.8 Å². The molecule has 1 saturated heterocycles. The third-order valence-corrected chi connectivity index (χ3v) is 7.35. The Morgan fingerprint density at radius 1 is 0.789 bits per heavy atom. The van der Waals surface area contributed by atoms with Crippen LogP contribution < -0.4 is 0 Å². The van der Waals surface area contributed by atoms with Crippen LogP contribution >= 0.6 is 11.8 Å². The number of esters is 1. The number of hydrogen-bond donors (Lipinski definition) is 1. The van der Waals surface area contributed by atoms with E-state index in [1.54, 1.807) is 20.8 Å². The molecule has 5 atom stereocenters. The van der Waals surface area contributed by atoms with Gasteiger partial charge in [-0.15, -0.1) is 0 Å². The van der Waals surface area contributed by atoms with Gasteiger partial charge in [0.1, 0.15) is 23.7 Å². The van der Waals surface area contributed by atoms with Gasteiger partial charge in [-0.05, 0) is 44.0 Å². The standard InChI is InChI=1S/C31H36O6S/c1-31(2,3)30(33)37-26-25(19-32)36-29(38-24-17-11-6-12-18-24)28(35-21-23-15-9-5-10-16-23)27(26)34-20-22-13-7-4-8-14-22/h4-18,25-29,32H,19-21H2,1-3H3/t25-,26-,27+,28+,29-/m1/s1. The number of benzene rings is 3. The van der Waals surface area contributed by atoms with Crippen LogP contribution in [0.1, 0.15) is 31.9 Å². The first-order valence-electron chi connectivity index (χ1n) is 12.9. The number of carbonyl (C=O) groups excluding carboxylic acids is 1. The Balaban J connectivity index is 1.67. The molecule has 38 heavy (non-hydrogen) atoms. The highest BCUT2D eigenvalue weighted by atomic mass is 32.2. The van der Waals surface area contributed by atoms with E-state index in [0.717, 1.165) is 16.0 Å². The van der Waals surface area contributed by atoms with Crippen LogP contribution in [0.3, 0.4) is 0 Å². The van der Waals surface area contributed by atoms with Crippen LogP contribution in [-0.4, -0.2) is 47.5 Å². The summed E-state index contributed by atoms with van der Waals surface area (Å²) in [6.45, 7) is 5.68. The van der Waals surface area contributed by atoms with Crippen molar-refractivity contribution in [3.63, 3.8) is 0 Å². The summed E-state index contributed by atoms with van der Waals surface area (Å²) in [6, 6.07) is 29.6. The molecule has 0 aliphatic carbocycles. The number of hydrogen-bond acceptors (Lipinski definition) is 7. The SMILES string of the molecule is CC(C)(C)C(=O)O[C@H]1[C@H](OCc2ccccc2)[C@H](OCc2ccccc2)[C@@H](Sc2ccccc2)O[C@@H]1CO. The molecule has 1 N–H and O–H groups in total. The molecular formula is C31H36O6S. The molecule has 0 amide bonds. The number of carbonyl (C=O) groups is 1. The van der Waals surface area contributed by atoms with Crippen LogP contribution in [0.15, 0.2) is 95.9 Å². The summed E-state index contributed by atoms with van der Waals surface area (Å²) in [5.41, 5.74) is 0.739. The summed E-state index contributed by atoms with van der Waals surface area (Å²) >= 11 is 1.50. The Labute approximate surface area is 229 Å². The predicted octanol–water partition coefficient (Wildman–Crippen LogP) is 5.62. The molecule has 1 fully saturated rings. The van der Waals surface area contributed by atoms with E-state index in [2.05, 4.69) is 0 Å². The molecule has 0 aromatic heterocycles. The van der Waals surface area contributed by atoms with E-state index in [4.69, 9.17) is 18.9 Å². The van der Waals surface area contributed by atoms with E-state index < -0.39 is 41.2 Å². The highest BCUT2D eigenvalue weighted by Gasteiger charge is 2.50. The maximum atomic E-state index is 13.0. The zero-order chi connectivity index (χ0) is 27.0. The molecule has 7 heteroatoms. The van der Waals surface area contributed by atoms with E-state index in [1.165, 1.54) is 11.8 Å². The highest BCUT2D eigenvalue weighted by Crippen LogP contribution is 2.38. The molecule has 0 bridgehead atoms. The van der Waals surface area contributed by atoms with Crippen LogP contribution in [0.5, 0.6) is 0 Å². The van der Waals surface area contributed by atoms with Crippen LogP contribution in [0.25, 0.3) is 0 Å². The van der Waals surface area contributed by atoms with Crippen molar-refractivity contribution in [3.05, 3.63) is 102 Å². The van der Waals surface area contributed by atoms with Gasteiger partial charge in [-0.3, -0.25) is 4.79 Å². The molecule has 0 saturated carbocycles. The smallest absolute Gasteiger partial charge is 0.311 e. The predicted molar refractivity (Wildman–Crippen MR) is 147 cm³/mol. The molecule has 1 heterocycles. The number of rotatable bonds is 10. The molecule has 1 aliphatic rings. The average Bonchev–Trinajstić information content (AvgIpc) is 2.93. The van der Waals surface area contributed by atoms with Gasteiger partial charge in [0.25, 0.3) is 0 Å². The lowest BCUT2D eigenvalue weighted by atomic mass is 9.95. The van der Waals surface area contributed by atoms with Gasteiger partial charge >= 0.3 is 5.97 Å². The second-order valence-corrected chi connectivity index (χ2v) is 11.5. The first-order valence-corrected chi connectivity index (χ1v) is 13.7. The Bertz CT molecular complexity index is 1120. The normalized spacial score (nSPS) is 23.6. The maximum absolute atomic E-state index is 13.0. The lowest BCUT2D eigenvalue weighted by molar-refractivity contribution is -0.248. The average molecular weight is 537 g/mol. The van der Waals surface area contributed by atoms with Crippen LogP contribution in [0, 0.1) is 5.41 Å². The van der Waals surface area contributed by atoms with Gasteiger partial charge in [-0.1, -0.05) is 90.6 Å². The zero-order valence-corrected chi connectivity index (χ0v) is 22.9. The van der Waals surface area contributed by atoms with E-state index in [9.17, 15) is 9.90 Å². The van der Waals surface area contributed by atoms with Crippen molar-refractivity contribution in [2.24, 2.45) is 5.41 Å². The summed E-state index contributed by atoms with van der Waals surface area (Å²) < 4.78 is 25.4. The Morgan fingerprint density at radius 3 is 1.79 bits per heavy atom. The minimum atomic E-state index is -0.858. The summed E-state index contributed by atoms with van der Waals surface area (Å²) in [4.78, 5) is 14.0. The molecule has 4 rings (SSSR count). The fourth-order valence-electron chi connectivity index (χ4n) is 4.10. The Hall–Kier alpha value is -2.68. The Morgan fingerprint density at radius 2 is 1.29 bits per heavy atom. The molecule has 3 aromatic rings. The van der Waals surface area contributed by atoms with E-state index in [0.29, 0.717) is 13.2 Å². The summed E-state index contributed by atoms with van der Waals surface area (Å²) in [7, 11) is 0. The number of aliphatic hydroxyl groups excluding tert-OH is 1. The molecule has 0 spiro atoms. The van der Waals surface area contributed by atoms with Crippen molar-refractivity contribution in [1.82, 2.24) is 0 Å². The van der Waals surface area contributed by atoms with Crippen molar-refractivity contribution >= 4 is 17.7 Å². The first kappa shape index (κ1) is 28.3. The number of aliphatic hydroxyl groups is 1. The second-order valence-electron chi connectivity index (χ2n) is 10.3. The highest BCUT2D eigenvalue weighted by molar-refractivity contribution is 7.99. The van der Waals surface area contributed by atoms with Gasteiger partial charge in [0.2, 0.25) is 0 Å². The van der Waals surface area contributed by atoms with Gasteiger partial charge in [0.05, 0.1) is 25.2 Å². The quantitative estimate of drug-likeness (QED) is 0.337. The topological polar surface area (TPSA) is 74.2 Å². The van der Waals surface area contributed by atoms with Crippen LogP contribution in [0.4, 0.5) is 0 Å². The largest absolute Gasteiger partial charge is 0.456 e. The number of ether oxygens (including phenoxy) is 4. The van der Waals surface area contributed by atoms with Gasteiger partial charge in [0.15, 0.2) is 6.10 Å². The lowest BCUT2D eigenvalue weighted by Gasteiger charge is -2.45. The van der Waals surface area contributed by atoms with Crippen LogP contribution in [0.2, 0.25) is 0 Å². The second kappa shape index (κ2) is 13.4. The molecule has 202 valence electrons. The van der Waals surface area contributed by atoms with Gasteiger partial charge in [-0.2, -0.15) is 0 Å². The molecule has 3 aromatic carbocycles.